The summed E-state index contributed by atoms with van der Waals surface area (Å²) in [5, 5.41) is 3.32. The second-order valence-corrected chi connectivity index (χ2v) is 6.87. The molecule has 0 bridgehead atoms. The van der Waals surface area contributed by atoms with E-state index in [1.807, 2.05) is 18.2 Å². The Hall–Kier alpha value is -3.05. The summed E-state index contributed by atoms with van der Waals surface area (Å²) in [5.41, 5.74) is 6.52. The molecule has 0 spiro atoms. The summed E-state index contributed by atoms with van der Waals surface area (Å²) >= 11 is 5.87. The van der Waals surface area contributed by atoms with Crippen molar-refractivity contribution in [1.29, 1.82) is 0 Å². The molecule has 1 amide bonds. The summed E-state index contributed by atoms with van der Waals surface area (Å²) in [4.78, 5) is 19.6. The molecule has 2 heterocycles. The summed E-state index contributed by atoms with van der Waals surface area (Å²) in [5.74, 6) is -0.132. The number of aryl methyl sites for hydroxylation is 1. The maximum atomic E-state index is 12.6. The average molecular weight is 379 g/mol. The molecule has 0 saturated heterocycles. The SMILES string of the molecule is Cc1cc(CNC(=O)c2ccc3nc(Cl)[nH]c3c2)c(C)n1-c1ccccc1. The zero-order valence-corrected chi connectivity index (χ0v) is 15.8. The Morgan fingerprint density at radius 3 is 2.70 bits per heavy atom. The van der Waals surface area contributed by atoms with Gasteiger partial charge in [0.2, 0.25) is 5.28 Å². The van der Waals surface area contributed by atoms with Crippen molar-refractivity contribution in [3.8, 4) is 5.69 Å². The van der Waals surface area contributed by atoms with Crippen LogP contribution in [0.3, 0.4) is 0 Å². The molecule has 0 unspecified atom stereocenters. The summed E-state index contributed by atoms with van der Waals surface area (Å²) in [7, 11) is 0. The molecule has 2 aromatic carbocycles. The van der Waals surface area contributed by atoms with Gasteiger partial charge in [0.25, 0.3) is 5.91 Å². The number of fused-ring (bicyclic) bond motifs is 1. The van der Waals surface area contributed by atoms with Crippen molar-refractivity contribution in [3.63, 3.8) is 0 Å². The number of benzene rings is 2. The predicted octanol–water partition coefficient (Wildman–Crippen LogP) is 4.55. The Morgan fingerprint density at radius 2 is 1.93 bits per heavy atom. The first-order valence-corrected chi connectivity index (χ1v) is 9.07. The van der Waals surface area contributed by atoms with E-state index in [9.17, 15) is 4.79 Å². The van der Waals surface area contributed by atoms with Gasteiger partial charge in [-0.2, -0.15) is 0 Å². The average Bonchev–Trinajstić information content (AvgIpc) is 3.17. The number of hydrogen-bond donors (Lipinski definition) is 2. The van der Waals surface area contributed by atoms with Gasteiger partial charge in [0.1, 0.15) is 0 Å². The Kier molecular flexibility index (Phi) is 4.46. The molecule has 4 rings (SSSR count). The highest BCUT2D eigenvalue weighted by Gasteiger charge is 2.13. The predicted molar refractivity (Wildman–Crippen MR) is 108 cm³/mol. The van der Waals surface area contributed by atoms with Crippen molar-refractivity contribution in [1.82, 2.24) is 19.9 Å². The molecule has 136 valence electrons. The minimum atomic E-state index is -0.132. The third-order valence-corrected chi connectivity index (χ3v) is 4.88. The molecule has 5 nitrogen and oxygen atoms in total. The van der Waals surface area contributed by atoms with Gasteiger partial charge in [-0.1, -0.05) is 18.2 Å². The maximum Gasteiger partial charge on any atom is 0.251 e. The van der Waals surface area contributed by atoms with Gasteiger partial charge in [-0.25, -0.2) is 4.98 Å². The molecule has 0 atom stereocenters. The second-order valence-electron chi connectivity index (χ2n) is 6.51. The third-order valence-electron chi connectivity index (χ3n) is 4.70. The van der Waals surface area contributed by atoms with E-state index in [1.165, 1.54) is 0 Å². The van der Waals surface area contributed by atoms with E-state index >= 15 is 0 Å². The topological polar surface area (TPSA) is 62.7 Å². The van der Waals surface area contributed by atoms with Crippen LogP contribution < -0.4 is 5.32 Å². The van der Waals surface area contributed by atoms with Crippen LogP contribution in [0.4, 0.5) is 0 Å². The third kappa shape index (κ3) is 3.34. The lowest BCUT2D eigenvalue weighted by Gasteiger charge is -2.10. The van der Waals surface area contributed by atoms with Crippen LogP contribution in [0.25, 0.3) is 16.7 Å². The number of halogens is 1. The first-order valence-electron chi connectivity index (χ1n) is 8.69. The number of H-pyrrole nitrogens is 1. The van der Waals surface area contributed by atoms with Gasteiger partial charge in [-0.05, 0) is 67.4 Å². The highest BCUT2D eigenvalue weighted by Crippen LogP contribution is 2.21. The lowest BCUT2D eigenvalue weighted by atomic mass is 10.1. The lowest BCUT2D eigenvalue weighted by molar-refractivity contribution is 0.0951. The van der Waals surface area contributed by atoms with Crippen LogP contribution in [0.2, 0.25) is 5.28 Å². The quantitative estimate of drug-likeness (QED) is 0.547. The number of aromatic amines is 1. The van der Waals surface area contributed by atoms with Gasteiger partial charge < -0.3 is 14.9 Å². The Morgan fingerprint density at radius 1 is 1.15 bits per heavy atom. The van der Waals surface area contributed by atoms with Gasteiger partial charge in [0.15, 0.2) is 0 Å². The molecule has 4 aromatic rings. The molecule has 0 aliphatic carbocycles. The van der Waals surface area contributed by atoms with E-state index in [2.05, 4.69) is 51.9 Å². The number of nitrogens with one attached hydrogen (secondary N) is 2. The van der Waals surface area contributed by atoms with Gasteiger partial charge in [-0.3, -0.25) is 4.79 Å². The van der Waals surface area contributed by atoms with Crippen molar-refractivity contribution in [2.24, 2.45) is 0 Å². The Labute approximate surface area is 162 Å². The number of rotatable bonds is 4. The Bertz CT molecular complexity index is 1130. The largest absolute Gasteiger partial charge is 0.348 e. The second kappa shape index (κ2) is 6.93. The highest BCUT2D eigenvalue weighted by atomic mass is 35.5. The molecule has 0 fully saturated rings. The van der Waals surface area contributed by atoms with Crippen LogP contribution in [0.1, 0.15) is 27.3 Å². The minimum absolute atomic E-state index is 0.132. The number of aromatic nitrogens is 3. The van der Waals surface area contributed by atoms with Gasteiger partial charge in [0, 0.05) is 29.2 Å². The number of nitrogens with zero attached hydrogens (tertiary/aromatic N) is 2. The molecular formula is C21H19ClN4O. The summed E-state index contributed by atoms with van der Waals surface area (Å²) in [6, 6.07) is 17.6. The molecule has 0 aliphatic heterocycles. The first kappa shape index (κ1) is 17.4. The van der Waals surface area contributed by atoms with Gasteiger partial charge in [0.05, 0.1) is 11.0 Å². The zero-order valence-electron chi connectivity index (χ0n) is 15.1. The molecule has 0 saturated carbocycles. The minimum Gasteiger partial charge on any atom is -0.348 e. The standard InChI is InChI=1S/C21H19ClN4O/c1-13-10-16(14(2)26(13)17-6-4-3-5-7-17)12-23-20(27)15-8-9-18-19(11-15)25-21(22)24-18/h3-11H,12H2,1-2H3,(H,23,27)(H,24,25). The van der Waals surface area contributed by atoms with Crippen LogP contribution in [0.15, 0.2) is 54.6 Å². The monoisotopic (exact) mass is 378 g/mol. The number of carbonyl (C=O) groups is 1. The molecule has 0 aliphatic rings. The number of amides is 1. The van der Waals surface area contributed by atoms with Crippen LogP contribution in [-0.2, 0) is 6.54 Å². The zero-order chi connectivity index (χ0) is 19.0. The maximum absolute atomic E-state index is 12.6. The molecule has 0 radical (unpaired) electrons. The fourth-order valence-corrected chi connectivity index (χ4v) is 3.57. The van der Waals surface area contributed by atoms with Crippen molar-refractivity contribution < 1.29 is 4.79 Å². The summed E-state index contributed by atoms with van der Waals surface area (Å²) in [6.45, 7) is 4.61. The van der Waals surface area contributed by atoms with Crippen molar-refractivity contribution in [2.45, 2.75) is 20.4 Å². The van der Waals surface area contributed by atoms with Crippen LogP contribution in [-0.4, -0.2) is 20.4 Å². The van der Waals surface area contributed by atoms with E-state index in [1.54, 1.807) is 18.2 Å². The van der Waals surface area contributed by atoms with Crippen molar-refractivity contribution in [3.05, 3.63) is 82.4 Å². The first-order chi connectivity index (χ1) is 13.0. The molecular weight excluding hydrogens is 360 g/mol. The molecule has 2 N–H and O–H groups in total. The van der Waals surface area contributed by atoms with E-state index < -0.39 is 0 Å². The Balaban J connectivity index is 1.53. The van der Waals surface area contributed by atoms with Gasteiger partial charge >= 0.3 is 0 Å². The molecule has 6 heteroatoms. The van der Waals surface area contributed by atoms with Crippen LogP contribution in [0.5, 0.6) is 0 Å². The van der Waals surface area contributed by atoms with E-state index in [4.69, 9.17) is 11.6 Å². The molecule has 27 heavy (non-hydrogen) atoms. The smallest absolute Gasteiger partial charge is 0.251 e. The van der Waals surface area contributed by atoms with E-state index in [-0.39, 0.29) is 5.91 Å². The van der Waals surface area contributed by atoms with E-state index in [0.29, 0.717) is 17.4 Å². The number of hydrogen-bond acceptors (Lipinski definition) is 2. The number of imidazole rings is 1. The molecule has 2 aromatic heterocycles. The fourth-order valence-electron chi connectivity index (χ4n) is 3.38. The number of carbonyl (C=O) groups excluding carboxylic acids is 1. The van der Waals surface area contributed by atoms with Crippen LogP contribution in [0, 0.1) is 13.8 Å². The fraction of sp³-hybridized carbons (Fsp3) is 0.143. The van der Waals surface area contributed by atoms with Crippen LogP contribution >= 0.6 is 11.6 Å². The highest BCUT2D eigenvalue weighted by molar-refractivity contribution is 6.29. The number of para-hydroxylation sites is 1. The normalized spacial score (nSPS) is 11.1. The lowest BCUT2D eigenvalue weighted by Crippen LogP contribution is -2.23. The van der Waals surface area contributed by atoms with E-state index in [0.717, 1.165) is 33.7 Å². The van der Waals surface area contributed by atoms with Crippen molar-refractivity contribution in [2.75, 3.05) is 0 Å². The summed E-state index contributed by atoms with van der Waals surface area (Å²) in [6.07, 6.45) is 0. The van der Waals surface area contributed by atoms with Crippen molar-refractivity contribution >= 4 is 28.5 Å². The summed E-state index contributed by atoms with van der Waals surface area (Å²) < 4.78 is 2.19. The van der Waals surface area contributed by atoms with Gasteiger partial charge in [-0.15, -0.1) is 0 Å².